The number of amides is 2. The maximum atomic E-state index is 12.6. The summed E-state index contributed by atoms with van der Waals surface area (Å²) in [7, 11) is 0. The molecule has 2 aromatic carbocycles. The first-order valence-corrected chi connectivity index (χ1v) is 9.20. The van der Waals surface area contributed by atoms with Crippen LogP contribution in [0.2, 0.25) is 0 Å². The minimum absolute atomic E-state index is 0.0435. The molecule has 2 amide bonds. The molecule has 3 N–H and O–H groups in total. The van der Waals surface area contributed by atoms with Gasteiger partial charge in [0.2, 0.25) is 0 Å². The number of alkyl halides is 3. The topological polar surface area (TPSA) is 88.7 Å². The molecule has 1 aromatic heterocycles. The van der Waals surface area contributed by atoms with Gasteiger partial charge in [-0.1, -0.05) is 24.3 Å². The minimum Gasteiger partial charge on any atom is -0.487 e. The predicted molar refractivity (Wildman–Crippen MR) is 100 cm³/mol. The molecular formula is C19H16F3N3O3S. The third-order valence-corrected chi connectivity index (χ3v) is 4.85. The van der Waals surface area contributed by atoms with Crippen LogP contribution in [-0.4, -0.2) is 21.3 Å². The van der Waals surface area contributed by atoms with E-state index in [9.17, 15) is 23.2 Å². The zero-order chi connectivity index (χ0) is 21.0. The highest BCUT2D eigenvalue weighted by atomic mass is 32.1. The van der Waals surface area contributed by atoms with E-state index in [0.29, 0.717) is 32.6 Å². The van der Waals surface area contributed by atoms with Gasteiger partial charge in [0, 0.05) is 10.9 Å². The number of urea groups is 1. The lowest BCUT2D eigenvalue weighted by Crippen LogP contribution is -2.31. The van der Waals surface area contributed by atoms with E-state index >= 15 is 0 Å². The third-order valence-electron chi connectivity index (χ3n) is 3.91. The van der Waals surface area contributed by atoms with Crippen molar-refractivity contribution in [1.29, 1.82) is 0 Å². The molecule has 0 bridgehead atoms. The van der Waals surface area contributed by atoms with Crippen LogP contribution in [0.25, 0.3) is 10.6 Å². The van der Waals surface area contributed by atoms with Gasteiger partial charge in [-0.15, -0.1) is 11.3 Å². The first-order valence-electron chi connectivity index (χ1n) is 8.32. The van der Waals surface area contributed by atoms with E-state index in [4.69, 9.17) is 10.5 Å². The average Bonchev–Trinajstić information content (AvgIpc) is 3.16. The normalized spacial score (nSPS) is 11.3. The summed E-state index contributed by atoms with van der Waals surface area (Å²) in [6.45, 7) is 0.141. The molecule has 3 aromatic rings. The summed E-state index contributed by atoms with van der Waals surface area (Å²) < 4.78 is 43.6. The molecule has 152 valence electrons. The van der Waals surface area contributed by atoms with Crippen LogP contribution in [0.3, 0.4) is 0 Å². The van der Waals surface area contributed by atoms with Gasteiger partial charge in [-0.2, -0.15) is 13.2 Å². The van der Waals surface area contributed by atoms with Crippen molar-refractivity contribution in [3.8, 4) is 16.3 Å². The first kappa shape index (κ1) is 20.6. The average molecular weight is 423 g/mol. The molecule has 29 heavy (non-hydrogen) atoms. The lowest BCUT2D eigenvalue weighted by molar-refractivity contribution is -0.137. The fourth-order valence-corrected chi connectivity index (χ4v) is 3.22. The highest BCUT2D eigenvalue weighted by molar-refractivity contribution is 7.13. The molecule has 0 saturated carbocycles. The number of aromatic nitrogens is 1. The second-order valence-electron chi connectivity index (χ2n) is 6.05. The molecule has 3 rings (SSSR count). The number of nitrogens with zero attached hydrogens (tertiary/aromatic N) is 2. The molecule has 6 nitrogen and oxygen atoms in total. The standard InChI is InChI=1S/C19H16F3N3O3S/c20-19(21,22)14-5-3-13(4-6-14)17-24-15(11-29-17)10-28-16-7-1-12(2-8-16)9-25(27)18(23)26/h1-8,11,27H,9-10H2,(H2,23,26). The second-order valence-corrected chi connectivity index (χ2v) is 6.91. The molecule has 0 atom stereocenters. The Bertz CT molecular complexity index is 973. The zero-order valence-electron chi connectivity index (χ0n) is 14.9. The summed E-state index contributed by atoms with van der Waals surface area (Å²) in [4.78, 5) is 15.2. The maximum Gasteiger partial charge on any atom is 0.416 e. The van der Waals surface area contributed by atoms with Crippen LogP contribution in [0, 0.1) is 0 Å². The number of benzene rings is 2. The van der Waals surface area contributed by atoms with Crippen LogP contribution in [-0.2, 0) is 19.3 Å². The Morgan fingerprint density at radius 2 is 1.79 bits per heavy atom. The Balaban J connectivity index is 1.58. The van der Waals surface area contributed by atoms with Gasteiger partial charge < -0.3 is 10.5 Å². The van der Waals surface area contributed by atoms with Crippen molar-refractivity contribution in [3.05, 3.63) is 70.7 Å². The van der Waals surface area contributed by atoms with E-state index in [1.165, 1.54) is 23.5 Å². The molecular weight excluding hydrogens is 407 g/mol. The number of primary amides is 1. The molecule has 10 heteroatoms. The number of hydroxylamine groups is 2. The van der Waals surface area contributed by atoms with E-state index in [1.807, 2.05) is 0 Å². The lowest BCUT2D eigenvalue weighted by Gasteiger charge is -2.12. The minimum atomic E-state index is -4.37. The number of rotatable bonds is 6. The summed E-state index contributed by atoms with van der Waals surface area (Å²) in [6, 6.07) is 10.6. The van der Waals surface area contributed by atoms with Crippen LogP contribution in [0.5, 0.6) is 5.75 Å². The van der Waals surface area contributed by atoms with Crippen LogP contribution in [0.4, 0.5) is 18.0 Å². The summed E-state index contributed by atoms with van der Waals surface area (Å²) >= 11 is 1.31. The van der Waals surface area contributed by atoms with Gasteiger partial charge in [-0.05, 0) is 29.8 Å². The smallest absolute Gasteiger partial charge is 0.416 e. The monoisotopic (exact) mass is 423 g/mol. The summed E-state index contributed by atoms with van der Waals surface area (Å²) in [5, 5.41) is 12.1. The number of halogens is 3. The van der Waals surface area contributed by atoms with Gasteiger partial charge >= 0.3 is 12.2 Å². The summed E-state index contributed by atoms with van der Waals surface area (Å²) in [6.07, 6.45) is -4.37. The number of thiazole rings is 1. The number of carbonyl (C=O) groups is 1. The number of hydrogen-bond acceptors (Lipinski definition) is 5. The molecule has 0 unspecified atom stereocenters. The molecule has 0 fully saturated rings. The fraction of sp³-hybridized carbons (Fsp3) is 0.158. The number of ether oxygens (including phenoxy) is 1. The predicted octanol–water partition coefficient (Wildman–Crippen LogP) is 4.68. The van der Waals surface area contributed by atoms with E-state index in [2.05, 4.69) is 4.98 Å². The summed E-state index contributed by atoms with van der Waals surface area (Å²) in [5.74, 6) is 0.557. The Morgan fingerprint density at radius 1 is 1.14 bits per heavy atom. The first-order chi connectivity index (χ1) is 13.7. The second kappa shape index (κ2) is 8.50. The van der Waals surface area contributed by atoms with E-state index < -0.39 is 17.8 Å². The Morgan fingerprint density at radius 3 is 2.38 bits per heavy atom. The van der Waals surface area contributed by atoms with Crippen LogP contribution in [0.1, 0.15) is 16.8 Å². The maximum absolute atomic E-state index is 12.6. The zero-order valence-corrected chi connectivity index (χ0v) is 15.7. The SMILES string of the molecule is NC(=O)N(O)Cc1ccc(OCc2csc(-c3ccc(C(F)(F)F)cc3)n2)cc1. The van der Waals surface area contributed by atoms with Crippen molar-refractivity contribution < 1.29 is 27.9 Å². The molecule has 0 aliphatic heterocycles. The largest absolute Gasteiger partial charge is 0.487 e. The molecule has 0 aliphatic rings. The van der Waals surface area contributed by atoms with Gasteiger partial charge in [0.25, 0.3) is 0 Å². The third kappa shape index (κ3) is 5.46. The van der Waals surface area contributed by atoms with Gasteiger partial charge in [-0.3, -0.25) is 5.21 Å². The van der Waals surface area contributed by atoms with Gasteiger partial charge in [0.05, 0.1) is 17.8 Å². The van der Waals surface area contributed by atoms with Crippen LogP contribution in [0.15, 0.2) is 53.9 Å². The van der Waals surface area contributed by atoms with E-state index in [1.54, 1.807) is 29.6 Å². The number of carbonyl (C=O) groups excluding carboxylic acids is 1. The van der Waals surface area contributed by atoms with Crippen molar-refractivity contribution in [2.24, 2.45) is 5.73 Å². The van der Waals surface area contributed by atoms with Crippen LogP contribution < -0.4 is 10.5 Å². The van der Waals surface area contributed by atoms with E-state index in [-0.39, 0.29) is 13.2 Å². The Labute approximate surface area is 167 Å². The van der Waals surface area contributed by atoms with E-state index in [0.717, 1.165) is 12.1 Å². The van der Waals surface area contributed by atoms with Crippen molar-refractivity contribution in [2.75, 3.05) is 0 Å². The lowest BCUT2D eigenvalue weighted by atomic mass is 10.1. The van der Waals surface area contributed by atoms with Gasteiger partial charge in [0.15, 0.2) is 0 Å². The van der Waals surface area contributed by atoms with Crippen LogP contribution >= 0.6 is 11.3 Å². The number of nitrogens with two attached hydrogens (primary N) is 1. The summed E-state index contributed by atoms with van der Waals surface area (Å²) in [5.41, 5.74) is 6.15. The van der Waals surface area contributed by atoms with Crippen molar-refractivity contribution in [1.82, 2.24) is 10.0 Å². The highest BCUT2D eigenvalue weighted by Gasteiger charge is 2.30. The molecule has 0 spiro atoms. The molecule has 0 radical (unpaired) electrons. The Kier molecular flexibility index (Phi) is 6.04. The Hall–Kier alpha value is -3.11. The quantitative estimate of drug-likeness (QED) is 0.445. The highest BCUT2D eigenvalue weighted by Crippen LogP contribution is 2.31. The molecule has 0 saturated heterocycles. The fourth-order valence-electron chi connectivity index (χ4n) is 2.41. The molecule has 1 heterocycles. The molecule has 0 aliphatic carbocycles. The van der Waals surface area contributed by atoms with Gasteiger partial charge in [0.1, 0.15) is 17.4 Å². The van der Waals surface area contributed by atoms with Crippen molar-refractivity contribution >= 4 is 17.4 Å². The van der Waals surface area contributed by atoms with Gasteiger partial charge in [-0.25, -0.2) is 14.8 Å². The number of hydrogen-bond donors (Lipinski definition) is 2. The van der Waals surface area contributed by atoms with Crippen molar-refractivity contribution in [3.63, 3.8) is 0 Å². The van der Waals surface area contributed by atoms with Crippen molar-refractivity contribution in [2.45, 2.75) is 19.3 Å².